The van der Waals surface area contributed by atoms with Gasteiger partial charge in [0.1, 0.15) is 11.1 Å². The highest BCUT2D eigenvalue weighted by Crippen LogP contribution is 2.41. The molecule has 0 amide bonds. The number of hydrogen-bond acceptors (Lipinski definition) is 7. The minimum Gasteiger partial charge on any atom is -0.465 e. The molecule has 1 aliphatic carbocycles. The summed E-state index contributed by atoms with van der Waals surface area (Å²) >= 11 is 0. The van der Waals surface area contributed by atoms with Crippen molar-refractivity contribution in [2.75, 3.05) is 13.2 Å². The third-order valence-corrected chi connectivity index (χ3v) is 4.15. The van der Waals surface area contributed by atoms with Crippen LogP contribution >= 0.6 is 0 Å². The van der Waals surface area contributed by atoms with E-state index in [0.717, 1.165) is 13.1 Å². The van der Waals surface area contributed by atoms with Crippen molar-refractivity contribution in [3.05, 3.63) is 62.4 Å². The van der Waals surface area contributed by atoms with Gasteiger partial charge in [-0.25, -0.2) is 0 Å². The standard InChI is InChI=1S/C17H19N2O7/c1-4-25-15(20)17(3,16(21)26-5-2)12-10-18(22)13-9-7-6-8-11(13)14(12)19(23)24/h6-10,13H,4-5H2,1-3H3/q+1. The molecule has 0 spiro atoms. The molecule has 1 unspecified atom stereocenters. The number of nitroso groups, excluding NO2 is 1. The van der Waals surface area contributed by atoms with Crippen molar-refractivity contribution in [2.24, 2.45) is 5.41 Å². The van der Waals surface area contributed by atoms with Gasteiger partial charge in [-0.2, -0.15) is 0 Å². The Hall–Kier alpha value is -3.10. The number of hydrogen-bond donors (Lipinski definition) is 0. The van der Waals surface area contributed by atoms with E-state index in [1.54, 1.807) is 6.08 Å². The third-order valence-electron chi connectivity index (χ3n) is 4.15. The van der Waals surface area contributed by atoms with Crippen LogP contribution in [0.25, 0.3) is 0 Å². The van der Waals surface area contributed by atoms with Gasteiger partial charge in [-0.05, 0) is 32.9 Å². The maximum absolute atomic E-state index is 12.6. The van der Waals surface area contributed by atoms with Gasteiger partial charge in [-0.3, -0.25) is 19.7 Å². The Morgan fingerprint density at radius 3 is 2.31 bits per heavy atom. The quantitative estimate of drug-likeness (QED) is 0.232. The monoisotopic (exact) mass is 363 g/mol. The number of nitrogens with zero attached hydrogens (tertiary/aromatic N) is 2. The SMILES string of the molecule is CCOC(=O)C(C)(C(=O)OCC)C1=C[N+](=O)C2C=CC=CC2=C1[N+](=O)[O-]. The molecular weight excluding hydrogens is 344 g/mol. The van der Waals surface area contributed by atoms with Crippen molar-refractivity contribution in [3.8, 4) is 0 Å². The molecule has 1 heterocycles. The summed E-state index contributed by atoms with van der Waals surface area (Å²) in [5, 5.41) is 11.8. The van der Waals surface area contributed by atoms with E-state index in [-0.39, 0.29) is 24.4 Å². The van der Waals surface area contributed by atoms with Crippen molar-refractivity contribution in [2.45, 2.75) is 26.8 Å². The lowest BCUT2D eigenvalue weighted by molar-refractivity contribution is -0.509. The molecule has 0 saturated heterocycles. The van der Waals surface area contributed by atoms with E-state index < -0.39 is 34.0 Å². The highest BCUT2D eigenvalue weighted by atomic mass is 16.6. The summed E-state index contributed by atoms with van der Waals surface area (Å²) in [4.78, 5) is 48.6. The average molecular weight is 363 g/mol. The Kier molecular flexibility index (Phi) is 5.49. The Labute approximate surface area is 149 Å². The van der Waals surface area contributed by atoms with E-state index in [1.165, 1.54) is 32.1 Å². The minimum absolute atomic E-state index is 0.0438. The van der Waals surface area contributed by atoms with Crippen LogP contribution in [-0.2, 0) is 19.1 Å². The summed E-state index contributed by atoms with van der Waals surface area (Å²) in [7, 11) is 0. The minimum atomic E-state index is -2.15. The molecule has 9 nitrogen and oxygen atoms in total. The van der Waals surface area contributed by atoms with Gasteiger partial charge in [0, 0.05) is 9.67 Å². The molecular formula is C17H19N2O7+. The summed E-state index contributed by atoms with van der Waals surface area (Å²) < 4.78 is 10.4. The van der Waals surface area contributed by atoms with Crippen LogP contribution in [0.15, 0.2) is 47.3 Å². The lowest BCUT2D eigenvalue weighted by atomic mass is 9.77. The van der Waals surface area contributed by atoms with Gasteiger partial charge in [0.05, 0.1) is 18.1 Å². The van der Waals surface area contributed by atoms with Crippen LogP contribution in [0.5, 0.6) is 0 Å². The zero-order valence-corrected chi connectivity index (χ0v) is 14.6. The number of rotatable bonds is 6. The number of allylic oxidation sites excluding steroid dienone is 3. The van der Waals surface area contributed by atoms with Crippen LogP contribution in [0.1, 0.15) is 20.8 Å². The van der Waals surface area contributed by atoms with Gasteiger partial charge >= 0.3 is 11.9 Å². The fourth-order valence-electron chi connectivity index (χ4n) is 2.82. The molecule has 0 fully saturated rings. The molecule has 1 atom stereocenters. The second-order valence-electron chi connectivity index (χ2n) is 5.72. The second-order valence-corrected chi connectivity index (χ2v) is 5.72. The summed E-state index contributed by atoms with van der Waals surface area (Å²) in [6.45, 7) is 4.15. The van der Waals surface area contributed by atoms with Gasteiger partial charge in [-0.15, -0.1) is 0 Å². The number of carbonyl (C=O) groups is 2. The molecule has 26 heavy (non-hydrogen) atoms. The first-order valence-electron chi connectivity index (χ1n) is 8.05. The zero-order valence-electron chi connectivity index (χ0n) is 14.6. The van der Waals surface area contributed by atoms with Crippen LogP contribution in [0.2, 0.25) is 0 Å². The molecule has 0 aromatic rings. The molecule has 2 rings (SSSR count). The van der Waals surface area contributed by atoms with Crippen LogP contribution in [0, 0.1) is 20.4 Å². The van der Waals surface area contributed by atoms with E-state index in [0.29, 0.717) is 4.76 Å². The molecule has 0 aromatic carbocycles. The first-order valence-corrected chi connectivity index (χ1v) is 8.05. The average Bonchev–Trinajstić information content (AvgIpc) is 2.60. The predicted molar refractivity (Wildman–Crippen MR) is 89.2 cm³/mol. The molecule has 9 heteroatoms. The largest absolute Gasteiger partial charge is 0.465 e. The number of carbonyl (C=O) groups excluding carboxylic acids is 2. The van der Waals surface area contributed by atoms with E-state index in [1.807, 2.05) is 0 Å². The van der Waals surface area contributed by atoms with E-state index in [4.69, 9.17) is 9.47 Å². The lowest BCUT2D eigenvalue weighted by Gasteiger charge is -2.27. The van der Waals surface area contributed by atoms with E-state index in [2.05, 4.69) is 0 Å². The number of nitro groups is 1. The number of fused-ring (bicyclic) bond motifs is 1. The molecule has 138 valence electrons. The molecule has 0 N–H and O–H groups in total. The van der Waals surface area contributed by atoms with Crippen LogP contribution in [-0.4, -0.2) is 40.9 Å². The fraction of sp³-hybridized carbons (Fsp3) is 0.412. The Morgan fingerprint density at radius 1 is 1.23 bits per heavy atom. The van der Waals surface area contributed by atoms with Gasteiger partial charge in [0.25, 0.3) is 11.7 Å². The maximum atomic E-state index is 12.6. The first-order chi connectivity index (χ1) is 12.3. The first kappa shape index (κ1) is 19.2. The lowest BCUT2D eigenvalue weighted by Crippen LogP contribution is -2.45. The second kappa shape index (κ2) is 7.42. The van der Waals surface area contributed by atoms with E-state index in [9.17, 15) is 24.6 Å². The van der Waals surface area contributed by atoms with Crippen molar-refractivity contribution in [1.82, 2.24) is 0 Å². The topological polar surface area (TPSA) is 116 Å². The molecule has 2 aliphatic rings. The van der Waals surface area contributed by atoms with Gasteiger partial charge in [0.2, 0.25) is 6.20 Å². The number of ether oxygens (including phenoxy) is 2. The normalized spacial score (nSPS) is 19.0. The zero-order chi connectivity index (χ0) is 19.5. The van der Waals surface area contributed by atoms with Crippen molar-refractivity contribution in [3.63, 3.8) is 0 Å². The summed E-state index contributed by atoms with van der Waals surface area (Å²) in [5.74, 6) is -2.04. The fourth-order valence-corrected chi connectivity index (χ4v) is 2.82. The van der Waals surface area contributed by atoms with Crippen molar-refractivity contribution < 1.29 is 28.7 Å². The Balaban J connectivity index is 2.71. The highest BCUT2D eigenvalue weighted by Gasteiger charge is 2.57. The summed E-state index contributed by atoms with van der Waals surface area (Å²) in [5.41, 5.74) is -2.90. The summed E-state index contributed by atoms with van der Waals surface area (Å²) in [6, 6.07) is -0.905. The molecule has 1 aliphatic heterocycles. The van der Waals surface area contributed by atoms with Gasteiger partial charge in [0.15, 0.2) is 5.41 Å². The molecule has 0 bridgehead atoms. The van der Waals surface area contributed by atoms with Crippen LogP contribution < -0.4 is 0 Å². The predicted octanol–water partition coefficient (Wildman–Crippen LogP) is 1.82. The Bertz CT molecular complexity index is 771. The molecule has 0 saturated carbocycles. The van der Waals surface area contributed by atoms with Crippen LogP contribution in [0.4, 0.5) is 0 Å². The molecule has 0 radical (unpaired) electrons. The highest BCUT2D eigenvalue weighted by molar-refractivity contribution is 6.04. The maximum Gasteiger partial charge on any atom is 0.328 e. The molecule has 0 aromatic heterocycles. The van der Waals surface area contributed by atoms with Crippen LogP contribution in [0.3, 0.4) is 0 Å². The summed E-state index contributed by atoms with van der Waals surface area (Å²) in [6.07, 6.45) is 6.93. The van der Waals surface area contributed by atoms with Crippen molar-refractivity contribution >= 4 is 11.9 Å². The van der Waals surface area contributed by atoms with Gasteiger partial charge in [-0.1, -0.05) is 12.2 Å². The van der Waals surface area contributed by atoms with E-state index >= 15 is 0 Å². The van der Waals surface area contributed by atoms with Gasteiger partial charge < -0.3 is 9.47 Å². The smallest absolute Gasteiger partial charge is 0.328 e. The van der Waals surface area contributed by atoms with Crippen molar-refractivity contribution in [1.29, 1.82) is 0 Å². The Morgan fingerprint density at radius 2 is 1.81 bits per heavy atom. The number of esters is 2. The third kappa shape index (κ3) is 3.07.